The third-order valence-electron chi connectivity index (χ3n) is 6.46. The third-order valence-corrected chi connectivity index (χ3v) is 6.46. The molecule has 0 unspecified atom stereocenters. The van der Waals surface area contributed by atoms with Gasteiger partial charge < -0.3 is 4.90 Å². The Morgan fingerprint density at radius 3 is 1.97 bits per heavy atom. The van der Waals surface area contributed by atoms with Crippen LogP contribution in [0.25, 0.3) is 0 Å². The molecule has 0 amide bonds. The van der Waals surface area contributed by atoms with Crippen LogP contribution in [0.1, 0.15) is 57.7 Å². The number of likely N-dealkylation sites (N-methyl/N-ethyl adjacent to an activating group) is 1. The van der Waals surface area contributed by atoms with Crippen molar-refractivity contribution in [1.29, 1.82) is 0 Å². The predicted molar refractivity (Wildman–Crippen MR) is 128 cm³/mol. The highest BCUT2D eigenvalue weighted by molar-refractivity contribution is 5.64. The smallest absolute Gasteiger partial charge is 0.0442 e. The van der Waals surface area contributed by atoms with E-state index in [9.17, 15) is 0 Å². The maximum atomic E-state index is 2.42. The van der Waals surface area contributed by atoms with Crippen LogP contribution in [-0.4, -0.2) is 7.05 Å². The number of hydrogen-bond acceptors (Lipinski definition) is 1. The number of para-hydroxylation sites is 1. The average molecular weight is 386 g/mol. The molecule has 1 nitrogen and oxygen atoms in total. The standard InChI is InChI=1S/C26H29N.C2H6/c1-18(13-14-25-17-23-11-7-8-12-26(23)27(25)4)19(2)20(3)24-15-21-9-5-6-10-22(21)16-24;1-2/h5-12,14H,13,15-17H2,1-4H3;1-2H3/b19-18-,25-14+;. The van der Waals surface area contributed by atoms with Crippen LogP contribution in [0.4, 0.5) is 5.69 Å². The second kappa shape index (κ2) is 9.31. The fourth-order valence-electron chi connectivity index (χ4n) is 4.36. The second-order valence-electron chi connectivity index (χ2n) is 8.02. The molecular formula is C28H35N. The van der Waals surface area contributed by atoms with Crippen LogP contribution >= 0.6 is 0 Å². The van der Waals surface area contributed by atoms with Gasteiger partial charge in [-0.25, -0.2) is 0 Å². The van der Waals surface area contributed by atoms with E-state index in [2.05, 4.69) is 87.3 Å². The Hall–Kier alpha value is -2.54. The van der Waals surface area contributed by atoms with Gasteiger partial charge in [0.15, 0.2) is 0 Å². The van der Waals surface area contributed by atoms with Crippen LogP contribution in [-0.2, 0) is 19.3 Å². The topological polar surface area (TPSA) is 3.24 Å². The zero-order valence-corrected chi connectivity index (χ0v) is 19.0. The molecule has 2 aromatic carbocycles. The second-order valence-corrected chi connectivity index (χ2v) is 8.02. The number of nitrogens with zero attached hydrogens (tertiary/aromatic N) is 1. The largest absolute Gasteiger partial charge is 0.348 e. The molecule has 0 aromatic heterocycles. The van der Waals surface area contributed by atoms with Crippen LogP contribution in [0.5, 0.6) is 0 Å². The van der Waals surface area contributed by atoms with E-state index in [4.69, 9.17) is 0 Å². The first-order chi connectivity index (χ1) is 14.0. The molecule has 1 aliphatic heterocycles. The summed E-state index contributed by atoms with van der Waals surface area (Å²) in [6.45, 7) is 10.9. The van der Waals surface area contributed by atoms with Gasteiger partial charge in [0.05, 0.1) is 0 Å². The van der Waals surface area contributed by atoms with Crippen LogP contribution in [0.15, 0.2) is 82.6 Å². The lowest BCUT2D eigenvalue weighted by atomic mass is 9.95. The molecule has 2 aromatic rings. The highest BCUT2D eigenvalue weighted by Gasteiger charge is 2.20. The molecule has 2 aliphatic rings. The van der Waals surface area contributed by atoms with Crippen molar-refractivity contribution < 1.29 is 0 Å². The summed E-state index contributed by atoms with van der Waals surface area (Å²) in [6.07, 6.45) is 6.73. The van der Waals surface area contributed by atoms with E-state index in [1.54, 1.807) is 5.57 Å². The molecule has 29 heavy (non-hydrogen) atoms. The van der Waals surface area contributed by atoms with Gasteiger partial charge in [-0.2, -0.15) is 0 Å². The Morgan fingerprint density at radius 1 is 0.828 bits per heavy atom. The third kappa shape index (κ3) is 4.40. The summed E-state index contributed by atoms with van der Waals surface area (Å²) in [6, 6.07) is 17.6. The first-order valence-electron chi connectivity index (χ1n) is 11.0. The maximum absolute atomic E-state index is 2.42. The number of benzene rings is 2. The Balaban J connectivity index is 0.00000117. The van der Waals surface area contributed by atoms with E-state index in [1.807, 2.05) is 13.8 Å². The highest BCUT2D eigenvalue weighted by atomic mass is 15.1. The molecule has 0 saturated heterocycles. The zero-order valence-electron chi connectivity index (χ0n) is 19.0. The predicted octanol–water partition coefficient (Wildman–Crippen LogP) is 7.43. The van der Waals surface area contributed by atoms with Gasteiger partial charge in [-0.3, -0.25) is 0 Å². The molecule has 1 heterocycles. The van der Waals surface area contributed by atoms with Crippen LogP contribution in [0.3, 0.4) is 0 Å². The van der Waals surface area contributed by atoms with Gasteiger partial charge in [0, 0.05) is 24.9 Å². The van der Waals surface area contributed by atoms with Gasteiger partial charge in [-0.15, -0.1) is 0 Å². The summed E-state index contributed by atoms with van der Waals surface area (Å²) in [4.78, 5) is 2.34. The number of rotatable bonds is 3. The van der Waals surface area contributed by atoms with E-state index >= 15 is 0 Å². The first kappa shape index (κ1) is 21.2. The van der Waals surface area contributed by atoms with E-state index < -0.39 is 0 Å². The number of allylic oxidation sites excluding steroid dienone is 6. The van der Waals surface area contributed by atoms with E-state index in [1.165, 1.54) is 44.8 Å². The summed E-state index contributed by atoms with van der Waals surface area (Å²) in [5.41, 5.74) is 13.2. The number of anilines is 1. The van der Waals surface area contributed by atoms with Gasteiger partial charge in [0.2, 0.25) is 0 Å². The van der Waals surface area contributed by atoms with Gasteiger partial charge >= 0.3 is 0 Å². The van der Waals surface area contributed by atoms with Crippen molar-refractivity contribution in [2.45, 2.75) is 60.3 Å². The summed E-state index contributed by atoms with van der Waals surface area (Å²) >= 11 is 0. The van der Waals surface area contributed by atoms with Crippen molar-refractivity contribution in [3.8, 4) is 0 Å². The SMILES string of the molecule is CC.CC(=C1Cc2ccccc2C1)/C(C)=C(/C)C/C=C1\Cc2ccccc2N1C. The molecule has 0 bridgehead atoms. The van der Waals surface area contributed by atoms with Gasteiger partial charge in [0.1, 0.15) is 0 Å². The first-order valence-corrected chi connectivity index (χ1v) is 11.0. The van der Waals surface area contributed by atoms with E-state index in [-0.39, 0.29) is 0 Å². The van der Waals surface area contributed by atoms with Gasteiger partial charge in [-0.1, -0.05) is 73.5 Å². The molecule has 1 heteroatoms. The van der Waals surface area contributed by atoms with E-state index in [0.29, 0.717) is 0 Å². The van der Waals surface area contributed by atoms with Crippen molar-refractivity contribution in [3.05, 3.63) is 99.3 Å². The minimum Gasteiger partial charge on any atom is -0.348 e. The normalized spacial score (nSPS) is 16.8. The van der Waals surface area contributed by atoms with Crippen LogP contribution in [0.2, 0.25) is 0 Å². The molecule has 0 saturated carbocycles. The maximum Gasteiger partial charge on any atom is 0.0442 e. The lowest BCUT2D eigenvalue weighted by Crippen LogP contribution is -2.11. The Labute approximate surface area is 177 Å². The molecule has 0 spiro atoms. The van der Waals surface area contributed by atoms with Crippen molar-refractivity contribution in [1.82, 2.24) is 0 Å². The zero-order chi connectivity index (χ0) is 21.0. The Kier molecular flexibility index (Phi) is 6.79. The lowest BCUT2D eigenvalue weighted by Gasteiger charge is -2.15. The fraction of sp³-hybridized carbons (Fsp3) is 0.357. The molecule has 0 N–H and O–H groups in total. The van der Waals surface area contributed by atoms with E-state index in [0.717, 1.165) is 25.7 Å². The monoisotopic (exact) mass is 385 g/mol. The van der Waals surface area contributed by atoms with Gasteiger partial charge in [0.25, 0.3) is 0 Å². The van der Waals surface area contributed by atoms with Crippen LogP contribution < -0.4 is 4.90 Å². The quantitative estimate of drug-likeness (QED) is 0.531. The van der Waals surface area contributed by atoms with Crippen molar-refractivity contribution in [2.24, 2.45) is 0 Å². The summed E-state index contributed by atoms with van der Waals surface area (Å²) in [5, 5.41) is 0. The lowest BCUT2D eigenvalue weighted by molar-refractivity contribution is 1.03. The number of hydrogen-bond donors (Lipinski definition) is 0. The molecule has 1 aliphatic carbocycles. The minimum absolute atomic E-state index is 1.02. The molecule has 0 atom stereocenters. The average Bonchev–Trinajstić information content (AvgIpc) is 3.34. The summed E-state index contributed by atoms with van der Waals surface area (Å²) in [5.74, 6) is 0. The Morgan fingerprint density at radius 2 is 1.38 bits per heavy atom. The minimum atomic E-state index is 1.02. The molecule has 0 fully saturated rings. The summed E-state index contributed by atoms with van der Waals surface area (Å²) < 4.78 is 0. The molecule has 152 valence electrons. The fourth-order valence-corrected chi connectivity index (χ4v) is 4.36. The van der Waals surface area contributed by atoms with Crippen molar-refractivity contribution in [2.75, 3.05) is 11.9 Å². The number of fused-ring (bicyclic) bond motifs is 2. The van der Waals surface area contributed by atoms with Crippen molar-refractivity contribution >= 4 is 5.69 Å². The molecular weight excluding hydrogens is 350 g/mol. The highest BCUT2D eigenvalue weighted by Crippen LogP contribution is 2.34. The Bertz CT molecular complexity index is 944. The van der Waals surface area contributed by atoms with Gasteiger partial charge in [-0.05, 0) is 73.9 Å². The summed E-state index contributed by atoms with van der Waals surface area (Å²) in [7, 11) is 2.19. The molecule has 4 rings (SSSR count). The van der Waals surface area contributed by atoms with Crippen molar-refractivity contribution in [3.63, 3.8) is 0 Å². The van der Waals surface area contributed by atoms with Crippen LogP contribution in [0, 0.1) is 0 Å². The molecule has 0 radical (unpaired) electrons.